The van der Waals surface area contributed by atoms with E-state index in [1.54, 1.807) is 0 Å². The molecule has 0 bridgehead atoms. The Labute approximate surface area is 115 Å². The molecule has 5 heteroatoms. The average molecular weight is 266 g/mol. The van der Waals surface area contributed by atoms with Gasteiger partial charge < -0.3 is 9.84 Å². The second kappa shape index (κ2) is 6.48. The summed E-state index contributed by atoms with van der Waals surface area (Å²) in [6.45, 7) is 11.5. The third kappa shape index (κ3) is 3.54. The van der Waals surface area contributed by atoms with Gasteiger partial charge >= 0.3 is 0 Å². The van der Waals surface area contributed by atoms with Crippen LogP contribution in [-0.4, -0.2) is 40.2 Å². The minimum absolute atomic E-state index is 0.325. The average Bonchev–Trinajstić information content (AvgIpc) is 2.87. The van der Waals surface area contributed by atoms with Crippen LogP contribution in [0.5, 0.6) is 0 Å². The Morgan fingerprint density at radius 2 is 2.16 bits per heavy atom. The molecule has 108 valence electrons. The molecule has 1 aromatic heterocycles. The second-order valence-electron chi connectivity index (χ2n) is 5.71. The first-order chi connectivity index (χ1) is 9.13. The van der Waals surface area contributed by atoms with Gasteiger partial charge in [0.25, 0.3) is 0 Å². The van der Waals surface area contributed by atoms with Gasteiger partial charge in [-0.15, -0.1) is 0 Å². The van der Waals surface area contributed by atoms with E-state index in [1.807, 2.05) is 0 Å². The van der Waals surface area contributed by atoms with Crippen LogP contribution < -0.4 is 5.32 Å². The molecule has 0 amide bonds. The molecule has 1 aliphatic rings. The molecule has 19 heavy (non-hydrogen) atoms. The van der Waals surface area contributed by atoms with E-state index in [0.29, 0.717) is 18.0 Å². The van der Waals surface area contributed by atoms with Gasteiger partial charge in [-0.05, 0) is 12.8 Å². The van der Waals surface area contributed by atoms with E-state index < -0.39 is 0 Å². The van der Waals surface area contributed by atoms with Gasteiger partial charge in [-0.2, -0.15) is 4.98 Å². The Bertz CT molecular complexity index is 391. The lowest BCUT2D eigenvalue weighted by Gasteiger charge is -2.39. The van der Waals surface area contributed by atoms with E-state index >= 15 is 0 Å². The Balaban J connectivity index is 2.01. The molecule has 0 aromatic carbocycles. The highest BCUT2D eigenvalue weighted by molar-refractivity contribution is 4.93. The van der Waals surface area contributed by atoms with Crippen molar-refractivity contribution in [1.29, 1.82) is 0 Å². The summed E-state index contributed by atoms with van der Waals surface area (Å²) in [5.74, 6) is 1.88. The van der Waals surface area contributed by atoms with Gasteiger partial charge in [0.15, 0.2) is 5.82 Å². The van der Waals surface area contributed by atoms with Crippen LogP contribution in [0, 0.1) is 0 Å². The highest BCUT2D eigenvalue weighted by Gasteiger charge is 2.27. The van der Waals surface area contributed by atoms with Gasteiger partial charge in [-0.25, -0.2) is 0 Å². The van der Waals surface area contributed by atoms with Crippen molar-refractivity contribution in [1.82, 2.24) is 20.4 Å². The van der Waals surface area contributed by atoms with Crippen molar-refractivity contribution in [3.8, 4) is 0 Å². The van der Waals surface area contributed by atoms with Gasteiger partial charge in [0.05, 0.1) is 6.54 Å². The zero-order valence-corrected chi connectivity index (χ0v) is 12.5. The Hall–Kier alpha value is -0.940. The Morgan fingerprint density at radius 3 is 2.74 bits per heavy atom. The summed E-state index contributed by atoms with van der Waals surface area (Å²) in [7, 11) is 0. The maximum Gasteiger partial charge on any atom is 0.240 e. The molecule has 2 heterocycles. The SMILES string of the molecule is CCC1CN(Cc2nc(C(C)C)no2)C(CC)CN1. The Morgan fingerprint density at radius 1 is 1.37 bits per heavy atom. The van der Waals surface area contributed by atoms with Crippen LogP contribution in [-0.2, 0) is 6.54 Å². The van der Waals surface area contributed by atoms with E-state index in [2.05, 4.69) is 48.1 Å². The molecule has 2 rings (SSSR count). The molecule has 0 aliphatic carbocycles. The summed E-state index contributed by atoms with van der Waals surface area (Å²) in [5, 5.41) is 7.64. The van der Waals surface area contributed by atoms with E-state index in [-0.39, 0.29) is 0 Å². The minimum Gasteiger partial charge on any atom is -0.338 e. The summed E-state index contributed by atoms with van der Waals surface area (Å²) in [4.78, 5) is 6.96. The molecule has 0 spiro atoms. The van der Waals surface area contributed by atoms with Crippen molar-refractivity contribution in [3.05, 3.63) is 11.7 Å². The molecular weight excluding hydrogens is 240 g/mol. The van der Waals surface area contributed by atoms with Gasteiger partial charge in [0.1, 0.15) is 0 Å². The maximum atomic E-state index is 5.37. The van der Waals surface area contributed by atoms with Crippen LogP contribution in [0.3, 0.4) is 0 Å². The third-order valence-electron chi connectivity index (χ3n) is 3.92. The quantitative estimate of drug-likeness (QED) is 0.885. The van der Waals surface area contributed by atoms with Gasteiger partial charge in [-0.3, -0.25) is 4.90 Å². The number of aromatic nitrogens is 2. The minimum atomic E-state index is 0.325. The molecule has 2 unspecified atom stereocenters. The molecule has 1 aromatic rings. The van der Waals surface area contributed by atoms with Crippen molar-refractivity contribution >= 4 is 0 Å². The summed E-state index contributed by atoms with van der Waals surface area (Å²) < 4.78 is 5.37. The van der Waals surface area contributed by atoms with E-state index in [1.165, 1.54) is 0 Å². The zero-order chi connectivity index (χ0) is 13.8. The molecule has 1 fully saturated rings. The summed E-state index contributed by atoms with van der Waals surface area (Å²) in [6.07, 6.45) is 2.31. The molecule has 1 aliphatic heterocycles. The number of piperazine rings is 1. The predicted molar refractivity (Wildman–Crippen MR) is 75.0 cm³/mol. The first-order valence-electron chi connectivity index (χ1n) is 7.43. The molecule has 1 N–H and O–H groups in total. The standard InChI is InChI=1S/C14H26N4O/c1-5-11-8-18(12(6-2)7-15-11)9-13-16-14(10(3)4)17-19-13/h10-12,15H,5-9H2,1-4H3. The lowest BCUT2D eigenvalue weighted by Crippen LogP contribution is -2.55. The summed E-state index contributed by atoms with van der Waals surface area (Å²) in [6, 6.07) is 1.15. The highest BCUT2D eigenvalue weighted by Crippen LogP contribution is 2.16. The molecule has 1 saturated heterocycles. The van der Waals surface area contributed by atoms with Gasteiger partial charge in [0.2, 0.25) is 5.89 Å². The number of nitrogens with one attached hydrogen (secondary N) is 1. The number of hydrogen-bond acceptors (Lipinski definition) is 5. The molecule has 0 saturated carbocycles. The Kier molecular flexibility index (Phi) is 4.93. The normalized spacial score (nSPS) is 25.1. The molecule has 0 radical (unpaired) electrons. The van der Waals surface area contributed by atoms with Crippen molar-refractivity contribution < 1.29 is 4.52 Å². The van der Waals surface area contributed by atoms with Crippen LogP contribution in [0.2, 0.25) is 0 Å². The van der Waals surface area contributed by atoms with E-state index in [0.717, 1.165) is 44.2 Å². The molecule has 5 nitrogen and oxygen atoms in total. The fourth-order valence-electron chi connectivity index (χ4n) is 2.54. The lowest BCUT2D eigenvalue weighted by molar-refractivity contribution is 0.104. The zero-order valence-electron chi connectivity index (χ0n) is 12.5. The van der Waals surface area contributed by atoms with Crippen LogP contribution in [0.4, 0.5) is 0 Å². The largest absolute Gasteiger partial charge is 0.338 e. The lowest BCUT2D eigenvalue weighted by atomic mass is 10.1. The van der Waals surface area contributed by atoms with Crippen LogP contribution in [0.1, 0.15) is 58.2 Å². The number of nitrogens with zero attached hydrogens (tertiary/aromatic N) is 3. The van der Waals surface area contributed by atoms with Crippen LogP contribution in [0.25, 0.3) is 0 Å². The highest BCUT2D eigenvalue weighted by atomic mass is 16.5. The van der Waals surface area contributed by atoms with Gasteiger partial charge in [-0.1, -0.05) is 32.9 Å². The molecule has 2 atom stereocenters. The van der Waals surface area contributed by atoms with Crippen LogP contribution >= 0.6 is 0 Å². The van der Waals surface area contributed by atoms with Crippen molar-refractivity contribution in [2.45, 2.75) is 65.1 Å². The van der Waals surface area contributed by atoms with Crippen LogP contribution in [0.15, 0.2) is 4.52 Å². The van der Waals surface area contributed by atoms with Crippen molar-refractivity contribution in [2.75, 3.05) is 13.1 Å². The van der Waals surface area contributed by atoms with E-state index in [9.17, 15) is 0 Å². The monoisotopic (exact) mass is 266 g/mol. The first kappa shape index (κ1) is 14.5. The van der Waals surface area contributed by atoms with Crippen molar-refractivity contribution in [2.24, 2.45) is 0 Å². The fourth-order valence-corrected chi connectivity index (χ4v) is 2.54. The number of rotatable bonds is 5. The maximum absolute atomic E-state index is 5.37. The fraction of sp³-hybridized carbons (Fsp3) is 0.857. The summed E-state index contributed by atoms with van der Waals surface area (Å²) in [5.41, 5.74) is 0. The number of hydrogen-bond donors (Lipinski definition) is 1. The first-order valence-corrected chi connectivity index (χ1v) is 7.43. The second-order valence-corrected chi connectivity index (χ2v) is 5.71. The van der Waals surface area contributed by atoms with Crippen molar-refractivity contribution in [3.63, 3.8) is 0 Å². The third-order valence-corrected chi connectivity index (χ3v) is 3.92. The predicted octanol–water partition coefficient (Wildman–Crippen LogP) is 2.16. The van der Waals surface area contributed by atoms with Gasteiger partial charge in [0, 0.05) is 31.1 Å². The molecular formula is C14H26N4O. The summed E-state index contributed by atoms with van der Waals surface area (Å²) >= 11 is 0. The smallest absolute Gasteiger partial charge is 0.240 e. The van der Waals surface area contributed by atoms with E-state index in [4.69, 9.17) is 4.52 Å². The topological polar surface area (TPSA) is 54.2 Å².